The average Bonchev–Trinajstić information content (AvgIpc) is 3.02. The third kappa shape index (κ3) is 1.34. The van der Waals surface area contributed by atoms with Crippen LogP contribution in [0, 0.1) is 19.3 Å². The van der Waals surface area contributed by atoms with Gasteiger partial charge in [-0.05, 0) is 26.0 Å². The first-order chi connectivity index (χ1) is 8.57. The monoisotopic (exact) mass is 239 g/mol. The second kappa shape index (κ2) is 3.36. The van der Waals surface area contributed by atoms with Gasteiger partial charge >= 0.3 is 0 Å². The van der Waals surface area contributed by atoms with Gasteiger partial charge in [-0.2, -0.15) is 0 Å². The zero-order valence-electron chi connectivity index (χ0n) is 10.3. The minimum atomic E-state index is -0.362. The van der Waals surface area contributed by atoms with E-state index in [2.05, 4.69) is 10.9 Å². The number of aryl methyl sites for hydroxylation is 1. The van der Waals surface area contributed by atoms with Gasteiger partial charge in [0.2, 0.25) is 0 Å². The molecule has 1 aromatic heterocycles. The van der Waals surface area contributed by atoms with Gasteiger partial charge < -0.3 is 0 Å². The number of para-hydroxylation sites is 1. The lowest BCUT2D eigenvalue weighted by atomic mass is 10.2. The zero-order chi connectivity index (χ0) is 12.9. The van der Waals surface area contributed by atoms with Crippen LogP contribution in [0.2, 0.25) is 0 Å². The van der Waals surface area contributed by atoms with Crippen molar-refractivity contribution >= 4 is 10.9 Å². The molecular formula is C14H13N3O. The van der Waals surface area contributed by atoms with Gasteiger partial charge in [-0.1, -0.05) is 18.1 Å². The average molecular weight is 239 g/mol. The first-order valence-electron chi connectivity index (χ1n) is 5.81. The van der Waals surface area contributed by atoms with Crippen molar-refractivity contribution in [1.29, 1.82) is 0 Å². The fourth-order valence-electron chi connectivity index (χ4n) is 2.19. The summed E-state index contributed by atoms with van der Waals surface area (Å²) in [6, 6.07) is 7.35. The highest BCUT2D eigenvalue weighted by molar-refractivity contribution is 5.77. The van der Waals surface area contributed by atoms with Crippen LogP contribution in [0.15, 0.2) is 29.1 Å². The molecule has 0 amide bonds. The molecule has 1 atom stereocenters. The molecule has 1 aromatic carbocycles. The topological polar surface area (TPSA) is 37.9 Å². The lowest BCUT2D eigenvalue weighted by molar-refractivity contribution is 0.688. The maximum atomic E-state index is 12.4. The van der Waals surface area contributed by atoms with Crippen molar-refractivity contribution in [3.05, 3.63) is 40.4 Å². The van der Waals surface area contributed by atoms with Crippen LogP contribution in [0.3, 0.4) is 0 Å². The van der Waals surface area contributed by atoms with Crippen LogP contribution < -0.4 is 10.6 Å². The van der Waals surface area contributed by atoms with Crippen LogP contribution in [-0.4, -0.2) is 21.7 Å². The molecule has 1 unspecified atom stereocenters. The first kappa shape index (κ1) is 10.8. The second-order valence-electron chi connectivity index (χ2n) is 4.77. The summed E-state index contributed by atoms with van der Waals surface area (Å²) in [6.07, 6.45) is 5.48. The van der Waals surface area contributed by atoms with E-state index in [-0.39, 0.29) is 11.1 Å². The van der Waals surface area contributed by atoms with E-state index in [0.29, 0.717) is 17.8 Å². The first-order valence-corrected chi connectivity index (χ1v) is 5.81. The summed E-state index contributed by atoms with van der Waals surface area (Å²) in [5.74, 6) is 3.37. The van der Waals surface area contributed by atoms with E-state index < -0.39 is 0 Å². The smallest absolute Gasteiger partial charge is 0.280 e. The molecule has 2 heterocycles. The van der Waals surface area contributed by atoms with Crippen LogP contribution in [0.4, 0.5) is 0 Å². The van der Waals surface area contributed by atoms with Gasteiger partial charge in [0.05, 0.1) is 17.4 Å². The highest BCUT2D eigenvalue weighted by Crippen LogP contribution is 2.28. The molecule has 0 N–H and O–H groups in total. The van der Waals surface area contributed by atoms with E-state index in [1.54, 1.807) is 10.7 Å². The molecule has 1 aliphatic rings. The van der Waals surface area contributed by atoms with Gasteiger partial charge in [0, 0.05) is 0 Å². The Morgan fingerprint density at radius 1 is 1.44 bits per heavy atom. The van der Waals surface area contributed by atoms with Crippen LogP contribution in [0.5, 0.6) is 0 Å². The van der Waals surface area contributed by atoms with Gasteiger partial charge in [-0.25, -0.2) is 9.66 Å². The molecule has 1 fully saturated rings. The Kier molecular flexibility index (Phi) is 2.02. The number of nitrogens with zero attached hydrogens (tertiary/aromatic N) is 3. The number of aromatic nitrogens is 2. The molecule has 0 saturated carbocycles. The molecule has 18 heavy (non-hydrogen) atoms. The van der Waals surface area contributed by atoms with Crippen LogP contribution >= 0.6 is 0 Å². The zero-order valence-corrected chi connectivity index (χ0v) is 10.3. The lowest BCUT2D eigenvalue weighted by Gasteiger charge is -2.14. The lowest BCUT2D eigenvalue weighted by Crippen LogP contribution is -2.35. The third-order valence-electron chi connectivity index (χ3n) is 3.39. The Morgan fingerprint density at radius 3 is 2.83 bits per heavy atom. The molecule has 3 rings (SSSR count). The van der Waals surface area contributed by atoms with Gasteiger partial charge in [-0.15, -0.1) is 6.42 Å². The van der Waals surface area contributed by atoms with Crippen molar-refractivity contribution in [3.63, 3.8) is 0 Å². The summed E-state index contributed by atoms with van der Waals surface area (Å²) < 4.78 is 1.59. The predicted molar refractivity (Wildman–Crippen MR) is 71.1 cm³/mol. The molecular weight excluding hydrogens is 226 g/mol. The third-order valence-corrected chi connectivity index (χ3v) is 3.39. The van der Waals surface area contributed by atoms with Gasteiger partial charge in [0.1, 0.15) is 11.4 Å². The fourth-order valence-corrected chi connectivity index (χ4v) is 2.19. The summed E-state index contributed by atoms with van der Waals surface area (Å²) in [4.78, 5) is 16.9. The summed E-state index contributed by atoms with van der Waals surface area (Å²) in [5.41, 5.74) is 0.302. The Bertz CT molecular complexity index is 741. The Hall–Kier alpha value is -2.28. The molecule has 2 aromatic rings. The van der Waals surface area contributed by atoms with E-state index in [1.807, 2.05) is 37.1 Å². The molecule has 0 radical (unpaired) electrons. The highest BCUT2D eigenvalue weighted by atomic mass is 16.1. The highest BCUT2D eigenvalue weighted by Gasteiger charge is 2.48. The Balaban J connectivity index is 2.26. The van der Waals surface area contributed by atoms with Crippen molar-refractivity contribution in [2.75, 3.05) is 11.6 Å². The molecule has 4 heteroatoms. The van der Waals surface area contributed by atoms with Crippen molar-refractivity contribution in [2.24, 2.45) is 0 Å². The normalized spacial score (nSPS) is 21.9. The molecule has 1 saturated heterocycles. The molecule has 0 spiro atoms. The standard InChI is InChI=1S/C14H13N3O/c1-4-14(3)9-16(14)17-10(2)15-12-8-6-5-7-11(12)13(17)18/h1,5-8H,9H2,2-3H3. The summed E-state index contributed by atoms with van der Waals surface area (Å²) >= 11 is 0. The predicted octanol–water partition coefficient (Wildman–Crippen LogP) is 1.05. The number of hydrogen-bond acceptors (Lipinski definition) is 3. The number of benzene rings is 1. The van der Waals surface area contributed by atoms with E-state index in [1.165, 1.54) is 0 Å². The van der Waals surface area contributed by atoms with E-state index in [4.69, 9.17) is 6.42 Å². The minimum Gasteiger partial charge on any atom is -0.285 e. The van der Waals surface area contributed by atoms with Crippen molar-refractivity contribution < 1.29 is 0 Å². The van der Waals surface area contributed by atoms with Gasteiger partial charge in [0.25, 0.3) is 5.56 Å². The summed E-state index contributed by atoms with van der Waals surface area (Å²) in [7, 11) is 0. The molecule has 4 nitrogen and oxygen atoms in total. The fraction of sp³-hybridized carbons (Fsp3) is 0.286. The van der Waals surface area contributed by atoms with Crippen molar-refractivity contribution in [2.45, 2.75) is 19.4 Å². The van der Waals surface area contributed by atoms with Crippen molar-refractivity contribution in [3.8, 4) is 12.3 Å². The Labute approximate surface area is 105 Å². The molecule has 0 bridgehead atoms. The maximum Gasteiger partial charge on any atom is 0.280 e. The van der Waals surface area contributed by atoms with Crippen LogP contribution in [0.1, 0.15) is 12.7 Å². The summed E-state index contributed by atoms with van der Waals surface area (Å²) in [5, 5.41) is 2.48. The van der Waals surface area contributed by atoms with Gasteiger partial charge in [0.15, 0.2) is 0 Å². The minimum absolute atomic E-state index is 0.0583. The number of hydrogen-bond donors (Lipinski definition) is 0. The Morgan fingerprint density at radius 2 is 2.17 bits per heavy atom. The summed E-state index contributed by atoms with van der Waals surface area (Å²) in [6.45, 7) is 4.45. The molecule has 1 aliphatic heterocycles. The number of rotatable bonds is 1. The quantitative estimate of drug-likeness (QED) is 0.551. The van der Waals surface area contributed by atoms with E-state index >= 15 is 0 Å². The van der Waals surface area contributed by atoms with Gasteiger partial charge in [-0.3, -0.25) is 9.80 Å². The van der Waals surface area contributed by atoms with E-state index in [0.717, 1.165) is 5.52 Å². The number of terminal acetylenes is 1. The second-order valence-corrected chi connectivity index (χ2v) is 4.77. The van der Waals surface area contributed by atoms with Crippen LogP contribution in [0.25, 0.3) is 10.9 Å². The SMILES string of the molecule is C#CC1(C)CN1n1c(C)nc2ccccc2c1=O. The molecule has 90 valence electrons. The van der Waals surface area contributed by atoms with Crippen molar-refractivity contribution in [1.82, 2.24) is 9.66 Å². The van der Waals surface area contributed by atoms with Crippen LogP contribution in [-0.2, 0) is 0 Å². The number of fused-ring (bicyclic) bond motifs is 1. The maximum absolute atomic E-state index is 12.4. The molecule has 0 aliphatic carbocycles. The van der Waals surface area contributed by atoms with E-state index in [9.17, 15) is 4.79 Å². The largest absolute Gasteiger partial charge is 0.285 e.